The minimum Gasteiger partial charge on any atom is -0.342 e. The predicted molar refractivity (Wildman–Crippen MR) is 104 cm³/mol. The SMILES string of the molecule is N#C[C@@H]1CC(F)(F)CN1C(=O)CNC(=O)c1csc(Cc2cc(Cl)ccc2Cl)n1. The molecule has 2 heterocycles. The number of hydrogen-bond acceptors (Lipinski definition) is 5. The summed E-state index contributed by atoms with van der Waals surface area (Å²) in [6, 6.07) is 5.52. The van der Waals surface area contributed by atoms with Gasteiger partial charge in [-0.25, -0.2) is 13.8 Å². The highest BCUT2D eigenvalue weighted by Crippen LogP contribution is 2.31. The summed E-state index contributed by atoms with van der Waals surface area (Å²) in [4.78, 5) is 29.4. The van der Waals surface area contributed by atoms with Crippen LogP contribution in [-0.2, 0) is 11.2 Å². The van der Waals surface area contributed by atoms with Crippen LogP contribution in [0, 0.1) is 11.3 Å². The Bertz CT molecular complexity index is 992. The third-order valence-electron chi connectivity index (χ3n) is 4.27. The summed E-state index contributed by atoms with van der Waals surface area (Å²) >= 11 is 13.3. The number of hydrogen-bond donors (Lipinski definition) is 1. The number of halogens is 4. The molecule has 1 atom stereocenters. The van der Waals surface area contributed by atoms with Crippen LogP contribution in [0.5, 0.6) is 0 Å². The average molecular weight is 459 g/mol. The molecule has 2 amide bonds. The van der Waals surface area contributed by atoms with Gasteiger partial charge < -0.3 is 10.2 Å². The van der Waals surface area contributed by atoms with E-state index in [0.717, 1.165) is 10.5 Å². The van der Waals surface area contributed by atoms with Gasteiger partial charge in [-0.1, -0.05) is 23.2 Å². The van der Waals surface area contributed by atoms with Crippen LogP contribution in [0.25, 0.3) is 0 Å². The first-order valence-electron chi connectivity index (χ1n) is 8.42. The van der Waals surface area contributed by atoms with Crippen molar-refractivity contribution in [2.45, 2.75) is 24.8 Å². The molecule has 0 aliphatic carbocycles. The molecule has 1 aliphatic rings. The van der Waals surface area contributed by atoms with Crippen LogP contribution in [0.3, 0.4) is 0 Å². The third-order valence-corrected chi connectivity index (χ3v) is 5.73. The zero-order valence-corrected chi connectivity index (χ0v) is 17.1. The number of thiazole rings is 1. The second-order valence-electron chi connectivity index (χ2n) is 6.45. The van der Waals surface area contributed by atoms with E-state index in [1.165, 1.54) is 16.7 Å². The molecule has 0 unspecified atom stereocenters. The maximum Gasteiger partial charge on any atom is 0.271 e. The Hall–Kier alpha value is -2.28. The number of likely N-dealkylation sites (tertiary alicyclic amines) is 1. The van der Waals surface area contributed by atoms with Crippen LogP contribution >= 0.6 is 34.5 Å². The molecule has 0 bridgehead atoms. The van der Waals surface area contributed by atoms with Gasteiger partial charge in [0.2, 0.25) is 5.91 Å². The van der Waals surface area contributed by atoms with Gasteiger partial charge in [0, 0.05) is 28.3 Å². The topological polar surface area (TPSA) is 86.1 Å². The van der Waals surface area contributed by atoms with Crippen LogP contribution in [0.15, 0.2) is 23.6 Å². The van der Waals surface area contributed by atoms with E-state index in [1.54, 1.807) is 24.3 Å². The Morgan fingerprint density at radius 3 is 2.90 bits per heavy atom. The van der Waals surface area contributed by atoms with Gasteiger partial charge in [0.05, 0.1) is 24.2 Å². The molecule has 1 fully saturated rings. The number of amides is 2. The van der Waals surface area contributed by atoms with Crippen molar-refractivity contribution in [2.75, 3.05) is 13.1 Å². The molecule has 1 saturated heterocycles. The lowest BCUT2D eigenvalue weighted by atomic mass is 10.1. The fraction of sp³-hybridized carbons (Fsp3) is 0.333. The number of rotatable bonds is 5. The number of nitrogens with zero attached hydrogens (tertiary/aromatic N) is 3. The lowest BCUT2D eigenvalue weighted by Crippen LogP contribution is -2.43. The highest BCUT2D eigenvalue weighted by Gasteiger charge is 2.47. The fourth-order valence-corrected chi connectivity index (χ4v) is 4.06. The van der Waals surface area contributed by atoms with E-state index in [2.05, 4.69) is 10.3 Å². The number of benzene rings is 1. The molecule has 1 N–H and O–H groups in total. The van der Waals surface area contributed by atoms with Gasteiger partial charge in [-0.15, -0.1) is 11.3 Å². The van der Waals surface area contributed by atoms with Gasteiger partial charge in [-0.05, 0) is 23.8 Å². The molecule has 11 heteroatoms. The van der Waals surface area contributed by atoms with E-state index >= 15 is 0 Å². The standard InChI is InChI=1S/C18H14Cl2F2N4O2S/c19-11-1-2-13(20)10(3-11)4-15-25-14(8-29-15)17(28)24-7-16(27)26-9-18(21,22)5-12(26)6-23/h1-3,8,12H,4-5,7,9H2,(H,24,28)/t12-/m0/s1. The molecule has 0 saturated carbocycles. The molecule has 1 aliphatic heterocycles. The van der Waals surface area contributed by atoms with E-state index in [-0.39, 0.29) is 5.69 Å². The van der Waals surface area contributed by atoms with Crippen molar-refractivity contribution < 1.29 is 18.4 Å². The largest absolute Gasteiger partial charge is 0.342 e. The summed E-state index contributed by atoms with van der Waals surface area (Å²) in [6.45, 7) is -1.33. The van der Waals surface area contributed by atoms with Crippen LogP contribution in [-0.4, -0.2) is 46.8 Å². The van der Waals surface area contributed by atoms with Gasteiger partial charge in [-0.2, -0.15) is 5.26 Å². The second-order valence-corrected chi connectivity index (χ2v) is 8.23. The Morgan fingerprint density at radius 1 is 1.41 bits per heavy atom. The van der Waals surface area contributed by atoms with Gasteiger partial charge in [0.15, 0.2) is 0 Å². The van der Waals surface area contributed by atoms with Gasteiger partial charge in [0.1, 0.15) is 11.7 Å². The summed E-state index contributed by atoms with van der Waals surface area (Å²) in [5.74, 6) is -4.47. The predicted octanol–water partition coefficient (Wildman–Crippen LogP) is 3.53. The van der Waals surface area contributed by atoms with Crippen molar-refractivity contribution in [3.8, 4) is 6.07 Å². The van der Waals surface area contributed by atoms with Crippen LogP contribution < -0.4 is 5.32 Å². The third kappa shape index (κ3) is 5.21. The van der Waals surface area contributed by atoms with Crippen LogP contribution in [0.2, 0.25) is 10.0 Å². The molecule has 0 radical (unpaired) electrons. The summed E-state index contributed by atoms with van der Waals surface area (Å²) in [5, 5.41) is 14.5. The maximum absolute atomic E-state index is 13.4. The molecule has 1 aromatic heterocycles. The van der Waals surface area contributed by atoms with E-state index in [0.29, 0.717) is 21.5 Å². The number of alkyl halides is 2. The number of nitriles is 1. The van der Waals surface area contributed by atoms with Crippen molar-refractivity contribution >= 4 is 46.4 Å². The highest BCUT2D eigenvalue weighted by atomic mass is 35.5. The highest BCUT2D eigenvalue weighted by molar-refractivity contribution is 7.09. The Morgan fingerprint density at radius 2 is 2.17 bits per heavy atom. The quantitative estimate of drug-likeness (QED) is 0.742. The van der Waals surface area contributed by atoms with Gasteiger partial charge in [-0.3, -0.25) is 9.59 Å². The maximum atomic E-state index is 13.4. The fourth-order valence-electron chi connectivity index (χ4n) is 2.88. The molecule has 0 spiro atoms. The van der Waals surface area contributed by atoms with Crippen LogP contribution in [0.4, 0.5) is 8.78 Å². The van der Waals surface area contributed by atoms with Crippen molar-refractivity contribution in [1.29, 1.82) is 5.26 Å². The first-order valence-corrected chi connectivity index (χ1v) is 10.1. The lowest BCUT2D eigenvalue weighted by molar-refractivity contribution is -0.131. The smallest absolute Gasteiger partial charge is 0.271 e. The minimum atomic E-state index is -3.11. The number of aromatic nitrogens is 1. The molecule has 29 heavy (non-hydrogen) atoms. The first kappa shape index (κ1) is 21.4. The molecule has 6 nitrogen and oxygen atoms in total. The summed E-state index contributed by atoms with van der Waals surface area (Å²) in [5.41, 5.74) is 0.854. The van der Waals surface area contributed by atoms with Gasteiger partial charge in [0.25, 0.3) is 11.8 Å². The Balaban J connectivity index is 1.59. The van der Waals surface area contributed by atoms with E-state index in [4.69, 9.17) is 28.5 Å². The molecular formula is C18H14Cl2F2N4O2S. The Kier molecular flexibility index (Phi) is 6.36. The second kappa shape index (κ2) is 8.61. The van der Waals surface area contributed by atoms with Crippen molar-refractivity contribution in [1.82, 2.24) is 15.2 Å². The zero-order chi connectivity index (χ0) is 21.2. The monoisotopic (exact) mass is 458 g/mol. The molecular weight excluding hydrogens is 445 g/mol. The Labute approximate surface area is 179 Å². The molecule has 2 aromatic rings. The van der Waals surface area contributed by atoms with Gasteiger partial charge >= 0.3 is 0 Å². The number of carbonyl (C=O) groups is 2. The molecule has 3 rings (SSSR count). The molecule has 152 valence electrons. The van der Waals surface area contributed by atoms with Crippen molar-refractivity contribution in [2.24, 2.45) is 0 Å². The normalized spacial score (nSPS) is 17.8. The minimum absolute atomic E-state index is 0.0968. The van der Waals surface area contributed by atoms with E-state index in [9.17, 15) is 18.4 Å². The van der Waals surface area contributed by atoms with Crippen LogP contribution in [0.1, 0.15) is 27.5 Å². The van der Waals surface area contributed by atoms with E-state index < -0.39 is 43.3 Å². The lowest BCUT2D eigenvalue weighted by Gasteiger charge is -2.19. The molecule has 1 aromatic carbocycles. The summed E-state index contributed by atoms with van der Waals surface area (Å²) in [7, 11) is 0. The number of nitrogens with one attached hydrogen (secondary N) is 1. The average Bonchev–Trinajstić information content (AvgIpc) is 3.26. The van der Waals surface area contributed by atoms with E-state index in [1.807, 2.05) is 0 Å². The summed E-state index contributed by atoms with van der Waals surface area (Å²) in [6.07, 6.45) is -0.326. The van der Waals surface area contributed by atoms with Crippen molar-refractivity contribution in [3.05, 3.63) is 49.9 Å². The summed E-state index contributed by atoms with van der Waals surface area (Å²) < 4.78 is 26.9. The number of carbonyl (C=O) groups excluding carboxylic acids is 2. The first-order chi connectivity index (χ1) is 13.7. The van der Waals surface area contributed by atoms with Crippen molar-refractivity contribution in [3.63, 3.8) is 0 Å². The zero-order valence-electron chi connectivity index (χ0n) is 14.8.